The lowest BCUT2D eigenvalue weighted by atomic mass is 10.2. The van der Waals surface area contributed by atoms with E-state index >= 15 is 0 Å². The lowest BCUT2D eigenvalue weighted by Gasteiger charge is -2.18. The van der Waals surface area contributed by atoms with Gasteiger partial charge >= 0.3 is 0 Å². The molecule has 100 valence electrons. The van der Waals surface area contributed by atoms with Gasteiger partial charge in [-0.25, -0.2) is 0 Å². The van der Waals surface area contributed by atoms with Crippen LogP contribution < -0.4 is 0 Å². The third kappa shape index (κ3) is 2.86. The first kappa shape index (κ1) is 13.8. The minimum Gasteiger partial charge on any atom is -0.331 e. The summed E-state index contributed by atoms with van der Waals surface area (Å²) >= 11 is 5.36. The van der Waals surface area contributed by atoms with Crippen LogP contribution in [-0.4, -0.2) is 34.1 Å². The molecule has 0 atom stereocenters. The van der Waals surface area contributed by atoms with Crippen molar-refractivity contribution in [3.05, 3.63) is 28.5 Å². The number of likely N-dealkylation sites (N-methyl/N-ethyl adjacent to an activating group) is 1. The topological polar surface area (TPSA) is 47.8 Å². The predicted octanol–water partition coefficient (Wildman–Crippen LogP) is 2.91. The van der Waals surface area contributed by atoms with E-state index in [4.69, 9.17) is 17.5 Å². The zero-order valence-electron chi connectivity index (χ0n) is 11.3. The summed E-state index contributed by atoms with van der Waals surface area (Å²) in [6, 6.07) is 7.79. The quantitative estimate of drug-likeness (QED) is 0.853. The van der Waals surface area contributed by atoms with E-state index in [0.717, 1.165) is 42.0 Å². The summed E-state index contributed by atoms with van der Waals surface area (Å²) in [5.41, 5.74) is 2.66. The molecule has 0 bridgehead atoms. The van der Waals surface area contributed by atoms with Crippen molar-refractivity contribution in [3.8, 4) is 6.07 Å². The molecule has 1 aromatic heterocycles. The molecule has 0 radical (unpaired) electrons. The first-order valence-corrected chi connectivity index (χ1v) is 6.95. The Labute approximate surface area is 118 Å². The summed E-state index contributed by atoms with van der Waals surface area (Å²) in [5.74, 6) is 0. The highest BCUT2D eigenvalue weighted by Gasteiger charge is 2.07. The van der Waals surface area contributed by atoms with Crippen molar-refractivity contribution in [2.45, 2.75) is 20.4 Å². The van der Waals surface area contributed by atoms with Gasteiger partial charge in [0.1, 0.15) is 0 Å². The molecule has 0 fully saturated rings. The van der Waals surface area contributed by atoms with Crippen LogP contribution >= 0.6 is 12.2 Å². The minimum atomic E-state index is 0.665. The number of aromatic amines is 1. The van der Waals surface area contributed by atoms with Gasteiger partial charge in [-0.3, -0.25) is 0 Å². The van der Waals surface area contributed by atoms with Crippen LogP contribution in [0, 0.1) is 16.1 Å². The second kappa shape index (κ2) is 6.00. The Morgan fingerprint density at radius 3 is 2.74 bits per heavy atom. The van der Waals surface area contributed by atoms with Gasteiger partial charge in [0.25, 0.3) is 0 Å². The molecule has 0 aliphatic heterocycles. The van der Waals surface area contributed by atoms with E-state index in [9.17, 15) is 0 Å². The fraction of sp³-hybridized carbons (Fsp3) is 0.429. The van der Waals surface area contributed by atoms with Crippen LogP contribution in [0.1, 0.15) is 19.4 Å². The number of rotatable bonds is 5. The number of imidazole rings is 1. The molecule has 4 nitrogen and oxygen atoms in total. The molecule has 0 spiro atoms. The zero-order valence-corrected chi connectivity index (χ0v) is 12.1. The van der Waals surface area contributed by atoms with E-state index in [1.54, 1.807) is 0 Å². The van der Waals surface area contributed by atoms with Crippen molar-refractivity contribution in [2.75, 3.05) is 19.6 Å². The number of hydrogen-bond acceptors (Lipinski definition) is 3. The third-order valence-electron chi connectivity index (χ3n) is 3.44. The van der Waals surface area contributed by atoms with Gasteiger partial charge in [0.15, 0.2) is 4.77 Å². The smallest absolute Gasteiger partial charge is 0.178 e. The third-order valence-corrected chi connectivity index (χ3v) is 3.76. The normalized spacial score (nSPS) is 11.1. The lowest BCUT2D eigenvalue weighted by Crippen LogP contribution is -2.27. The van der Waals surface area contributed by atoms with Crippen molar-refractivity contribution in [3.63, 3.8) is 0 Å². The van der Waals surface area contributed by atoms with Gasteiger partial charge in [0, 0.05) is 13.1 Å². The summed E-state index contributed by atoms with van der Waals surface area (Å²) in [5, 5.41) is 8.99. The van der Waals surface area contributed by atoms with Crippen LogP contribution in [0.25, 0.3) is 11.0 Å². The maximum atomic E-state index is 8.99. The molecular formula is C14H18N4S. The van der Waals surface area contributed by atoms with Gasteiger partial charge in [-0.2, -0.15) is 5.26 Å². The van der Waals surface area contributed by atoms with Crippen molar-refractivity contribution in [1.29, 1.82) is 5.26 Å². The minimum absolute atomic E-state index is 0.665. The molecule has 0 saturated carbocycles. The summed E-state index contributed by atoms with van der Waals surface area (Å²) < 4.78 is 2.79. The Bertz CT molecular complexity index is 658. The standard InChI is InChI=1S/C14H18N4S/c1-3-17(4-2)7-8-18-13-9-11(10-15)5-6-12(13)16-14(18)19/h5-6,9H,3-4,7-8H2,1-2H3,(H,16,19). The van der Waals surface area contributed by atoms with Gasteiger partial charge < -0.3 is 14.5 Å². The van der Waals surface area contributed by atoms with E-state index in [0.29, 0.717) is 5.56 Å². The monoisotopic (exact) mass is 274 g/mol. The van der Waals surface area contributed by atoms with Crippen molar-refractivity contribution in [2.24, 2.45) is 0 Å². The van der Waals surface area contributed by atoms with E-state index in [-0.39, 0.29) is 0 Å². The van der Waals surface area contributed by atoms with Crippen LogP contribution in [0.3, 0.4) is 0 Å². The number of benzene rings is 1. The number of fused-ring (bicyclic) bond motifs is 1. The molecule has 0 aliphatic carbocycles. The Kier molecular flexibility index (Phi) is 4.35. The molecule has 0 unspecified atom stereocenters. The number of aromatic nitrogens is 2. The second-order valence-electron chi connectivity index (χ2n) is 4.45. The molecule has 1 aromatic carbocycles. The highest BCUT2D eigenvalue weighted by atomic mass is 32.1. The number of nitriles is 1. The molecule has 2 rings (SSSR count). The number of nitrogens with one attached hydrogen (secondary N) is 1. The Morgan fingerprint density at radius 1 is 1.37 bits per heavy atom. The van der Waals surface area contributed by atoms with Gasteiger partial charge in [-0.05, 0) is 43.5 Å². The summed E-state index contributed by atoms with van der Waals surface area (Å²) in [6.07, 6.45) is 0. The van der Waals surface area contributed by atoms with E-state index in [1.807, 2.05) is 18.2 Å². The van der Waals surface area contributed by atoms with Crippen molar-refractivity contribution in [1.82, 2.24) is 14.5 Å². The molecule has 1 N–H and O–H groups in total. The van der Waals surface area contributed by atoms with E-state index in [1.165, 1.54) is 0 Å². The van der Waals surface area contributed by atoms with Crippen LogP contribution in [-0.2, 0) is 6.54 Å². The van der Waals surface area contributed by atoms with Crippen LogP contribution in [0.4, 0.5) is 0 Å². The van der Waals surface area contributed by atoms with Crippen molar-refractivity contribution >= 4 is 23.3 Å². The zero-order chi connectivity index (χ0) is 13.8. The molecule has 2 aromatic rings. The van der Waals surface area contributed by atoms with Gasteiger partial charge in [0.2, 0.25) is 0 Å². The Hall–Kier alpha value is -1.64. The van der Waals surface area contributed by atoms with Crippen LogP contribution in [0.5, 0.6) is 0 Å². The van der Waals surface area contributed by atoms with Gasteiger partial charge in [0.05, 0.1) is 22.7 Å². The molecule has 0 aliphatic rings. The number of H-pyrrole nitrogens is 1. The first-order valence-electron chi connectivity index (χ1n) is 6.54. The highest BCUT2D eigenvalue weighted by molar-refractivity contribution is 7.71. The largest absolute Gasteiger partial charge is 0.331 e. The van der Waals surface area contributed by atoms with E-state index in [2.05, 4.69) is 34.4 Å². The molecule has 0 saturated heterocycles. The maximum absolute atomic E-state index is 8.99. The average molecular weight is 274 g/mol. The summed E-state index contributed by atoms with van der Waals surface area (Å²) in [7, 11) is 0. The molecular weight excluding hydrogens is 256 g/mol. The first-order chi connectivity index (χ1) is 9.19. The fourth-order valence-corrected chi connectivity index (χ4v) is 2.53. The van der Waals surface area contributed by atoms with Gasteiger partial charge in [-0.1, -0.05) is 13.8 Å². The summed E-state index contributed by atoms with van der Waals surface area (Å²) in [4.78, 5) is 5.54. The average Bonchev–Trinajstić information content (AvgIpc) is 2.75. The van der Waals surface area contributed by atoms with Crippen LogP contribution in [0.2, 0.25) is 0 Å². The highest BCUT2D eigenvalue weighted by Crippen LogP contribution is 2.16. The molecule has 19 heavy (non-hydrogen) atoms. The second-order valence-corrected chi connectivity index (χ2v) is 4.84. The van der Waals surface area contributed by atoms with Crippen molar-refractivity contribution < 1.29 is 0 Å². The summed E-state index contributed by atoms with van der Waals surface area (Å²) in [6.45, 7) is 8.20. The molecule has 0 amide bonds. The Balaban J connectivity index is 2.34. The van der Waals surface area contributed by atoms with Crippen LogP contribution in [0.15, 0.2) is 18.2 Å². The SMILES string of the molecule is CCN(CC)CCn1c(=S)[nH]c2ccc(C#N)cc21. The number of nitrogens with zero attached hydrogens (tertiary/aromatic N) is 3. The number of hydrogen-bond donors (Lipinski definition) is 1. The van der Waals surface area contributed by atoms with Gasteiger partial charge in [-0.15, -0.1) is 0 Å². The predicted molar refractivity (Wildman–Crippen MR) is 79.6 cm³/mol. The fourth-order valence-electron chi connectivity index (χ4n) is 2.23. The molecule has 1 heterocycles. The van der Waals surface area contributed by atoms with E-state index < -0.39 is 0 Å². The lowest BCUT2D eigenvalue weighted by molar-refractivity contribution is 0.291. The Morgan fingerprint density at radius 2 is 2.11 bits per heavy atom. The maximum Gasteiger partial charge on any atom is 0.178 e. The molecule has 5 heteroatoms.